The summed E-state index contributed by atoms with van der Waals surface area (Å²) >= 11 is 2.24. The van der Waals surface area contributed by atoms with Crippen LogP contribution in [0.1, 0.15) is 5.56 Å². The van der Waals surface area contributed by atoms with Crippen LogP contribution in [0.3, 0.4) is 0 Å². The summed E-state index contributed by atoms with van der Waals surface area (Å²) in [5.41, 5.74) is 1.90. The molecule has 126 valence electrons. The highest BCUT2D eigenvalue weighted by molar-refractivity contribution is 14.1. The van der Waals surface area contributed by atoms with Crippen LogP contribution in [-0.4, -0.2) is 37.6 Å². The second kappa shape index (κ2) is 7.85. The number of ether oxygens (including phenoxy) is 2. The van der Waals surface area contributed by atoms with Gasteiger partial charge in [0.05, 0.1) is 6.54 Å². The van der Waals surface area contributed by atoms with Crippen molar-refractivity contribution in [2.24, 2.45) is 0 Å². The Morgan fingerprint density at radius 3 is 2.58 bits per heavy atom. The van der Waals surface area contributed by atoms with Gasteiger partial charge in [-0.15, -0.1) is 0 Å². The molecule has 1 amide bonds. The highest BCUT2D eigenvalue weighted by atomic mass is 127. The van der Waals surface area contributed by atoms with E-state index < -0.39 is 0 Å². The lowest BCUT2D eigenvalue weighted by Crippen LogP contribution is -2.29. The molecule has 2 aromatic carbocycles. The van der Waals surface area contributed by atoms with Crippen LogP contribution in [0.2, 0.25) is 0 Å². The number of nitrogens with one attached hydrogen (secondary N) is 1. The fourth-order valence-electron chi connectivity index (χ4n) is 2.53. The number of carbonyl (C=O) groups excluding carboxylic acids is 1. The minimum absolute atomic E-state index is 0.0312. The van der Waals surface area contributed by atoms with Gasteiger partial charge in [0.2, 0.25) is 5.91 Å². The Morgan fingerprint density at radius 2 is 1.83 bits per heavy atom. The molecule has 0 saturated heterocycles. The van der Waals surface area contributed by atoms with E-state index in [1.54, 1.807) is 0 Å². The molecule has 5 nitrogen and oxygen atoms in total. The zero-order valence-electron chi connectivity index (χ0n) is 13.4. The van der Waals surface area contributed by atoms with Crippen LogP contribution >= 0.6 is 22.6 Å². The monoisotopic (exact) mass is 438 g/mol. The molecule has 0 spiro atoms. The SMILES string of the molecule is CN(CC(=O)Nc1ccc(I)cc1)Cc1ccc2c(c1)OCCO2. The molecule has 0 fully saturated rings. The average molecular weight is 438 g/mol. The van der Waals surface area contributed by atoms with Crippen molar-refractivity contribution in [2.45, 2.75) is 6.54 Å². The van der Waals surface area contributed by atoms with Crippen LogP contribution in [0.5, 0.6) is 11.5 Å². The molecule has 1 aliphatic heterocycles. The van der Waals surface area contributed by atoms with Gasteiger partial charge in [-0.2, -0.15) is 0 Å². The number of rotatable bonds is 5. The maximum atomic E-state index is 12.1. The van der Waals surface area contributed by atoms with Crippen LogP contribution in [0.25, 0.3) is 0 Å². The minimum Gasteiger partial charge on any atom is -0.486 e. The third-order valence-electron chi connectivity index (χ3n) is 3.60. The molecule has 1 N–H and O–H groups in total. The standard InChI is InChI=1S/C18H19IN2O3/c1-21(12-18(22)20-15-5-3-14(19)4-6-15)11-13-2-7-16-17(10-13)24-9-8-23-16/h2-7,10H,8-9,11-12H2,1H3,(H,20,22). The Hall–Kier alpha value is -1.80. The number of fused-ring (bicyclic) bond motifs is 1. The van der Waals surface area contributed by atoms with E-state index in [-0.39, 0.29) is 5.91 Å². The molecule has 24 heavy (non-hydrogen) atoms. The summed E-state index contributed by atoms with van der Waals surface area (Å²) in [7, 11) is 1.92. The van der Waals surface area contributed by atoms with Crippen molar-refractivity contribution in [1.29, 1.82) is 0 Å². The molecule has 0 bridgehead atoms. The predicted octanol–water partition coefficient (Wildman–Crippen LogP) is 3.13. The lowest BCUT2D eigenvalue weighted by Gasteiger charge is -2.21. The van der Waals surface area contributed by atoms with E-state index >= 15 is 0 Å². The fourth-order valence-corrected chi connectivity index (χ4v) is 2.89. The summed E-state index contributed by atoms with van der Waals surface area (Å²) in [6, 6.07) is 13.6. The topological polar surface area (TPSA) is 50.8 Å². The van der Waals surface area contributed by atoms with Crippen LogP contribution in [0, 0.1) is 3.57 Å². The first-order valence-electron chi connectivity index (χ1n) is 7.72. The minimum atomic E-state index is -0.0312. The molecular formula is C18H19IN2O3. The average Bonchev–Trinajstić information content (AvgIpc) is 2.56. The van der Waals surface area contributed by atoms with Crippen LogP contribution in [0.4, 0.5) is 5.69 Å². The van der Waals surface area contributed by atoms with E-state index in [9.17, 15) is 4.79 Å². The molecule has 0 aliphatic carbocycles. The van der Waals surface area contributed by atoms with Crippen molar-refractivity contribution < 1.29 is 14.3 Å². The molecule has 2 aromatic rings. The van der Waals surface area contributed by atoms with E-state index in [1.165, 1.54) is 0 Å². The summed E-state index contributed by atoms with van der Waals surface area (Å²) in [6.45, 7) is 2.15. The molecule has 0 radical (unpaired) electrons. The lowest BCUT2D eigenvalue weighted by atomic mass is 10.2. The van der Waals surface area contributed by atoms with Crippen molar-refractivity contribution in [3.05, 3.63) is 51.6 Å². The van der Waals surface area contributed by atoms with Crippen molar-refractivity contribution in [2.75, 3.05) is 32.1 Å². The van der Waals surface area contributed by atoms with Gasteiger partial charge >= 0.3 is 0 Å². The summed E-state index contributed by atoms with van der Waals surface area (Å²) in [5.74, 6) is 1.52. The summed E-state index contributed by atoms with van der Waals surface area (Å²) < 4.78 is 12.3. The third-order valence-corrected chi connectivity index (χ3v) is 4.32. The number of hydrogen-bond donors (Lipinski definition) is 1. The molecule has 0 aromatic heterocycles. The maximum absolute atomic E-state index is 12.1. The van der Waals surface area contributed by atoms with Gasteiger partial charge in [-0.1, -0.05) is 6.07 Å². The van der Waals surface area contributed by atoms with Crippen LogP contribution < -0.4 is 14.8 Å². The Morgan fingerprint density at radius 1 is 1.12 bits per heavy atom. The van der Waals surface area contributed by atoms with Gasteiger partial charge in [-0.25, -0.2) is 0 Å². The smallest absolute Gasteiger partial charge is 0.238 e. The van der Waals surface area contributed by atoms with Gasteiger partial charge in [0.1, 0.15) is 13.2 Å². The van der Waals surface area contributed by atoms with Gasteiger partial charge in [0.15, 0.2) is 11.5 Å². The van der Waals surface area contributed by atoms with Gasteiger partial charge in [-0.3, -0.25) is 9.69 Å². The third kappa shape index (κ3) is 4.61. The quantitative estimate of drug-likeness (QED) is 0.730. The Bertz CT molecular complexity index is 719. The molecule has 0 atom stereocenters. The number of carbonyl (C=O) groups is 1. The first-order chi connectivity index (χ1) is 11.6. The molecule has 6 heteroatoms. The zero-order chi connectivity index (χ0) is 16.9. The predicted molar refractivity (Wildman–Crippen MR) is 102 cm³/mol. The Balaban J connectivity index is 1.54. The zero-order valence-corrected chi connectivity index (χ0v) is 15.6. The van der Waals surface area contributed by atoms with Gasteiger partial charge in [0, 0.05) is 15.8 Å². The lowest BCUT2D eigenvalue weighted by molar-refractivity contribution is -0.117. The van der Waals surface area contributed by atoms with Gasteiger partial charge in [-0.05, 0) is 71.6 Å². The van der Waals surface area contributed by atoms with Crippen molar-refractivity contribution in [3.63, 3.8) is 0 Å². The molecule has 1 heterocycles. The molecule has 0 unspecified atom stereocenters. The largest absolute Gasteiger partial charge is 0.486 e. The normalized spacial score (nSPS) is 13.0. The molecule has 0 saturated carbocycles. The highest BCUT2D eigenvalue weighted by Gasteiger charge is 2.13. The number of amides is 1. The van der Waals surface area contributed by atoms with E-state index in [1.807, 2.05) is 54.4 Å². The van der Waals surface area contributed by atoms with Gasteiger partial charge < -0.3 is 14.8 Å². The van der Waals surface area contributed by atoms with Crippen molar-refractivity contribution in [3.8, 4) is 11.5 Å². The van der Waals surface area contributed by atoms with Gasteiger partial charge in [0.25, 0.3) is 0 Å². The van der Waals surface area contributed by atoms with Crippen LogP contribution in [-0.2, 0) is 11.3 Å². The number of likely N-dealkylation sites (N-methyl/N-ethyl adjacent to an activating group) is 1. The van der Waals surface area contributed by atoms with E-state index in [4.69, 9.17) is 9.47 Å². The Labute approximate surface area is 155 Å². The molecule has 3 rings (SSSR count). The molecule has 1 aliphatic rings. The first kappa shape index (κ1) is 17.0. The number of benzene rings is 2. The summed E-state index contributed by atoms with van der Waals surface area (Å²) in [5, 5.41) is 2.91. The number of anilines is 1. The molecular weight excluding hydrogens is 419 g/mol. The van der Waals surface area contributed by atoms with E-state index in [2.05, 4.69) is 27.9 Å². The summed E-state index contributed by atoms with van der Waals surface area (Å²) in [6.07, 6.45) is 0. The maximum Gasteiger partial charge on any atom is 0.238 e. The highest BCUT2D eigenvalue weighted by Crippen LogP contribution is 2.31. The van der Waals surface area contributed by atoms with E-state index in [0.29, 0.717) is 26.3 Å². The second-order valence-corrected chi connectivity index (χ2v) is 6.95. The van der Waals surface area contributed by atoms with Crippen LogP contribution in [0.15, 0.2) is 42.5 Å². The number of nitrogens with zero attached hydrogens (tertiary/aromatic N) is 1. The van der Waals surface area contributed by atoms with E-state index in [0.717, 1.165) is 26.3 Å². The second-order valence-electron chi connectivity index (χ2n) is 5.71. The number of hydrogen-bond acceptors (Lipinski definition) is 4. The Kier molecular flexibility index (Phi) is 5.57. The first-order valence-corrected chi connectivity index (χ1v) is 8.80. The summed E-state index contributed by atoms with van der Waals surface area (Å²) in [4.78, 5) is 14.1. The van der Waals surface area contributed by atoms with Crippen molar-refractivity contribution in [1.82, 2.24) is 4.90 Å². The fraction of sp³-hybridized carbons (Fsp3) is 0.278. The number of halogens is 1. The van der Waals surface area contributed by atoms with Crippen molar-refractivity contribution >= 4 is 34.2 Å².